The number of unbranched alkanes of at least 4 members (excludes halogenated alkanes) is 1. The van der Waals surface area contributed by atoms with Gasteiger partial charge in [-0.05, 0) is 77.3 Å². The van der Waals surface area contributed by atoms with Gasteiger partial charge in [-0.2, -0.15) is 0 Å². The monoisotopic (exact) mass is 787 g/mol. The van der Waals surface area contributed by atoms with Crippen LogP contribution >= 0.6 is 0 Å². The van der Waals surface area contributed by atoms with E-state index in [-0.39, 0.29) is 32.4 Å². The number of hydrogen-bond acceptors (Lipinski definition) is 9. The molecule has 3 N–H and O–H groups in total. The molecule has 14 nitrogen and oxygen atoms in total. The van der Waals surface area contributed by atoms with Gasteiger partial charge in [0, 0.05) is 24.4 Å². The fraction of sp³-hybridized carbons (Fsp3) is 0.667. The minimum atomic E-state index is -3.94. The second-order valence-corrected chi connectivity index (χ2v) is 18.5. The third-order valence-corrected chi connectivity index (χ3v) is 12.9. The summed E-state index contributed by atoms with van der Waals surface area (Å²) in [5, 5.41) is 4.94. The summed E-state index contributed by atoms with van der Waals surface area (Å²) in [6.07, 6.45) is 6.85. The van der Waals surface area contributed by atoms with E-state index in [1.807, 2.05) is 19.1 Å². The first-order valence-corrected chi connectivity index (χ1v) is 21.2. The number of hydrogen-bond donors (Lipinski definition) is 3. The Hall–Kier alpha value is -4.21. The number of carbonyl (C=O) groups excluding carboxylic acids is 5. The molecule has 2 saturated carbocycles. The third kappa shape index (κ3) is 9.26. The van der Waals surface area contributed by atoms with Crippen LogP contribution in [0, 0.1) is 11.7 Å². The minimum absolute atomic E-state index is 0.00205. The van der Waals surface area contributed by atoms with Crippen molar-refractivity contribution in [3.63, 3.8) is 0 Å². The van der Waals surface area contributed by atoms with Crippen LogP contribution < -0.4 is 15.4 Å². The van der Waals surface area contributed by atoms with Crippen molar-refractivity contribution in [2.24, 2.45) is 5.92 Å². The first-order valence-electron chi connectivity index (χ1n) is 19.6. The van der Waals surface area contributed by atoms with Crippen LogP contribution in [0.25, 0.3) is 0 Å². The van der Waals surface area contributed by atoms with Crippen LogP contribution in [0.1, 0.15) is 116 Å². The molecule has 4 unspecified atom stereocenters. The van der Waals surface area contributed by atoms with Gasteiger partial charge in [0.2, 0.25) is 21.8 Å². The average Bonchev–Trinajstić information content (AvgIpc) is 4.00. The molecule has 3 heterocycles. The second-order valence-electron chi connectivity index (χ2n) is 16.6. The molecule has 16 heteroatoms. The fourth-order valence-electron chi connectivity index (χ4n) is 7.93. The van der Waals surface area contributed by atoms with Gasteiger partial charge in [-0.3, -0.25) is 24.0 Å². The second kappa shape index (κ2) is 16.1. The lowest BCUT2D eigenvalue weighted by Gasteiger charge is -2.35. The molecule has 6 rings (SSSR count). The zero-order valence-corrected chi connectivity index (χ0v) is 32.9. The minimum Gasteiger partial charge on any atom is -0.444 e. The van der Waals surface area contributed by atoms with E-state index in [9.17, 15) is 36.8 Å². The van der Waals surface area contributed by atoms with Crippen LogP contribution in [-0.4, -0.2) is 88.7 Å². The van der Waals surface area contributed by atoms with E-state index < -0.39 is 92.3 Å². The number of fused-ring (bicyclic) bond motifs is 3. The summed E-state index contributed by atoms with van der Waals surface area (Å²) in [4.78, 5) is 72.8. The SMILES string of the molecule is CCCC[C@H]1[C@H](OC(=O)N2Cc3cccc(F)c3C2)CC2C(=O)NC3(C(=O)NS(=O)(=O)C4CC4)CC3/C=C\CCCCCC(NC(=O)OC(C)(C)C)C(=O)N21. The molecular weight excluding hydrogens is 734 g/mol. The van der Waals surface area contributed by atoms with Crippen LogP contribution in [0.2, 0.25) is 0 Å². The molecule has 2 aliphatic carbocycles. The van der Waals surface area contributed by atoms with Crippen molar-refractivity contribution < 1.29 is 46.3 Å². The first-order chi connectivity index (χ1) is 26.0. The van der Waals surface area contributed by atoms with Crippen molar-refractivity contribution in [3.05, 3.63) is 47.3 Å². The molecule has 0 spiro atoms. The summed E-state index contributed by atoms with van der Waals surface area (Å²) in [7, 11) is -3.94. The maximum absolute atomic E-state index is 14.8. The van der Waals surface area contributed by atoms with Gasteiger partial charge < -0.3 is 25.0 Å². The van der Waals surface area contributed by atoms with Crippen molar-refractivity contribution in [2.75, 3.05) is 0 Å². The number of rotatable bonds is 8. The fourth-order valence-corrected chi connectivity index (χ4v) is 9.30. The number of sulfonamides is 1. The topological polar surface area (TPSA) is 181 Å². The van der Waals surface area contributed by atoms with Crippen molar-refractivity contribution in [2.45, 2.75) is 158 Å². The molecular formula is C39H54FN5O9S. The highest BCUT2D eigenvalue weighted by Crippen LogP contribution is 2.46. The highest BCUT2D eigenvalue weighted by atomic mass is 32.2. The van der Waals surface area contributed by atoms with E-state index in [4.69, 9.17) is 9.47 Å². The predicted molar refractivity (Wildman–Crippen MR) is 199 cm³/mol. The van der Waals surface area contributed by atoms with Crippen molar-refractivity contribution >= 4 is 39.9 Å². The van der Waals surface area contributed by atoms with Crippen molar-refractivity contribution in [3.8, 4) is 0 Å². The summed E-state index contributed by atoms with van der Waals surface area (Å²) in [5.74, 6) is -3.01. The quantitative estimate of drug-likeness (QED) is 0.315. The number of allylic oxidation sites excluding steroid dienone is 1. The smallest absolute Gasteiger partial charge is 0.410 e. The molecule has 5 aliphatic rings. The summed E-state index contributed by atoms with van der Waals surface area (Å²) in [6, 6.07) is 1.52. The molecule has 0 aromatic heterocycles. The van der Waals surface area contributed by atoms with Gasteiger partial charge in [0.05, 0.1) is 17.8 Å². The molecule has 302 valence electrons. The maximum atomic E-state index is 14.8. The van der Waals surface area contributed by atoms with Gasteiger partial charge >= 0.3 is 12.2 Å². The Morgan fingerprint density at radius 2 is 1.84 bits per heavy atom. The third-order valence-electron chi connectivity index (χ3n) is 11.1. The van der Waals surface area contributed by atoms with E-state index in [1.54, 1.807) is 32.9 Å². The molecule has 0 radical (unpaired) electrons. The van der Waals surface area contributed by atoms with E-state index in [0.29, 0.717) is 49.7 Å². The molecule has 5 amide bonds. The summed E-state index contributed by atoms with van der Waals surface area (Å²) in [6.45, 7) is 7.22. The van der Waals surface area contributed by atoms with Crippen LogP contribution in [-0.2, 0) is 47.0 Å². The lowest BCUT2D eigenvalue weighted by atomic mass is 10.0. The Labute approximate surface area is 322 Å². The lowest BCUT2D eigenvalue weighted by Crippen LogP contribution is -2.59. The van der Waals surface area contributed by atoms with Gasteiger partial charge in [0.25, 0.3) is 5.91 Å². The van der Waals surface area contributed by atoms with Gasteiger partial charge in [-0.25, -0.2) is 22.4 Å². The van der Waals surface area contributed by atoms with Gasteiger partial charge in [-0.1, -0.05) is 56.9 Å². The van der Waals surface area contributed by atoms with Crippen molar-refractivity contribution in [1.29, 1.82) is 0 Å². The summed E-state index contributed by atoms with van der Waals surface area (Å²) >= 11 is 0. The van der Waals surface area contributed by atoms with Gasteiger partial charge in [-0.15, -0.1) is 0 Å². The highest BCUT2D eigenvalue weighted by molar-refractivity contribution is 7.91. The molecule has 6 atom stereocenters. The highest BCUT2D eigenvalue weighted by Gasteiger charge is 2.62. The standard InChI is InChI=1S/C39H54FN5O9S/c1-5-6-17-30-32(53-37(50)44-22-24-13-12-15-28(40)27(24)23-44)20-31-33(46)42-39(35(48)43-55(51,52)26-18-19-26)21-25(39)14-10-8-7-9-11-16-29(34(47)45(30)31)41-36(49)54-38(2,3)4/h10,12-15,25-26,29-32H,5-9,11,16-23H2,1-4H3,(H,41,49)(H,42,46)(H,43,48)/b14-10-/t25?,29?,30-,31?,32+,39?/m0/s1. The molecule has 0 bridgehead atoms. The number of ether oxygens (including phenoxy) is 2. The number of carbonyl (C=O) groups is 5. The Kier molecular flexibility index (Phi) is 11.8. The van der Waals surface area contributed by atoms with Gasteiger partial charge in [0.1, 0.15) is 35.1 Å². The molecule has 1 saturated heterocycles. The molecule has 1 aromatic carbocycles. The Morgan fingerprint density at radius 1 is 1.07 bits per heavy atom. The molecule has 3 fully saturated rings. The van der Waals surface area contributed by atoms with Crippen LogP contribution in [0.15, 0.2) is 30.4 Å². The number of benzene rings is 1. The number of nitrogens with zero attached hydrogens (tertiary/aromatic N) is 2. The zero-order valence-electron chi connectivity index (χ0n) is 32.1. The Bertz CT molecular complexity index is 1810. The van der Waals surface area contributed by atoms with Gasteiger partial charge in [0.15, 0.2) is 0 Å². The summed E-state index contributed by atoms with van der Waals surface area (Å²) in [5.41, 5.74) is -1.37. The molecule has 1 aromatic rings. The van der Waals surface area contributed by atoms with E-state index >= 15 is 0 Å². The predicted octanol–water partition coefficient (Wildman–Crippen LogP) is 4.70. The van der Waals surface area contributed by atoms with Crippen LogP contribution in [0.4, 0.5) is 14.0 Å². The zero-order chi connectivity index (χ0) is 39.7. The van der Waals surface area contributed by atoms with E-state index in [2.05, 4.69) is 15.4 Å². The Balaban J connectivity index is 1.33. The molecule has 3 aliphatic heterocycles. The number of halogens is 1. The summed E-state index contributed by atoms with van der Waals surface area (Å²) < 4.78 is 54.2. The normalized spacial score (nSPS) is 29.1. The van der Waals surface area contributed by atoms with E-state index in [1.165, 1.54) is 15.9 Å². The average molecular weight is 788 g/mol. The number of nitrogens with one attached hydrogen (secondary N) is 3. The van der Waals surface area contributed by atoms with Crippen molar-refractivity contribution in [1.82, 2.24) is 25.2 Å². The molecule has 55 heavy (non-hydrogen) atoms. The van der Waals surface area contributed by atoms with Crippen LogP contribution in [0.5, 0.6) is 0 Å². The largest absolute Gasteiger partial charge is 0.444 e. The maximum Gasteiger partial charge on any atom is 0.410 e. The Morgan fingerprint density at radius 3 is 2.53 bits per heavy atom. The lowest BCUT2D eigenvalue weighted by molar-refractivity contribution is -0.143. The van der Waals surface area contributed by atoms with E-state index in [0.717, 1.165) is 19.3 Å². The van der Waals surface area contributed by atoms with Crippen LogP contribution in [0.3, 0.4) is 0 Å². The number of amides is 5. The first kappa shape index (κ1) is 40.5. The number of alkyl carbamates (subject to hydrolysis) is 1.